The summed E-state index contributed by atoms with van der Waals surface area (Å²) in [5.74, 6) is -1.71. The van der Waals surface area contributed by atoms with Crippen LogP contribution in [0.1, 0.15) is 80.5 Å². The van der Waals surface area contributed by atoms with E-state index in [-0.39, 0.29) is 29.4 Å². The minimum atomic E-state index is -2.27. The zero-order valence-electron chi connectivity index (χ0n) is 41.4. The average Bonchev–Trinajstić information content (AvgIpc) is 4.01. The van der Waals surface area contributed by atoms with E-state index in [0.29, 0.717) is 62.3 Å². The number of likely N-dealkylation sites (N-methyl/N-ethyl adjacent to an activating group) is 2. The summed E-state index contributed by atoms with van der Waals surface area (Å²) in [7, 11) is 7.95. The molecule has 6 heterocycles. The number of phenols is 2. The van der Waals surface area contributed by atoms with E-state index in [1.54, 1.807) is 20.2 Å². The molecule has 2 fully saturated rings. The second-order valence-corrected chi connectivity index (χ2v) is 20.0. The Morgan fingerprint density at radius 2 is 1.71 bits per heavy atom. The van der Waals surface area contributed by atoms with Crippen molar-refractivity contribution in [3.8, 4) is 17.2 Å². The number of phenolic OH excluding ortho intramolecular Hbond substituents is 2. The Hall–Kier alpha value is -5.91. The number of aliphatic hydroxyl groups excluding tert-OH is 1. The van der Waals surface area contributed by atoms with Gasteiger partial charge in [0.25, 0.3) is 0 Å². The Kier molecular flexibility index (Phi) is 12.9. The molecule has 1 aliphatic carbocycles. The van der Waals surface area contributed by atoms with Crippen molar-refractivity contribution in [3.05, 3.63) is 106 Å². The van der Waals surface area contributed by atoms with Crippen LogP contribution in [0.15, 0.2) is 78.4 Å². The van der Waals surface area contributed by atoms with Gasteiger partial charge in [-0.1, -0.05) is 61.9 Å². The van der Waals surface area contributed by atoms with Gasteiger partial charge >= 0.3 is 17.9 Å². The monoisotopic (exact) mass is 961 g/mol. The smallest absolute Gasteiger partial charge is 0.344 e. The van der Waals surface area contributed by atoms with Crippen LogP contribution in [0.5, 0.6) is 17.2 Å². The van der Waals surface area contributed by atoms with Gasteiger partial charge in [-0.05, 0) is 86.1 Å². The van der Waals surface area contributed by atoms with E-state index < -0.39 is 52.0 Å². The predicted molar refractivity (Wildman–Crippen MR) is 263 cm³/mol. The van der Waals surface area contributed by atoms with Gasteiger partial charge in [0.05, 0.1) is 33.5 Å². The van der Waals surface area contributed by atoms with Gasteiger partial charge in [0, 0.05) is 97.5 Å². The second kappa shape index (κ2) is 18.4. The number of esters is 3. The van der Waals surface area contributed by atoms with Crippen LogP contribution in [0.25, 0.3) is 10.9 Å². The molecule has 16 nitrogen and oxygen atoms in total. The summed E-state index contributed by atoms with van der Waals surface area (Å²) in [6.07, 6.45) is 7.00. The first-order chi connectivity index (χ1) is 33.5. The minimum absolute atomic E-state index is 0.0284. The number of anilines is 1. The number of aromatic nitrogens is 1. The normalized spacial score (nSPS) is 30.8. The molecule has 2 bridgehead atoms. The maximum absolute atomic E-state index is 15.2. The highest BCUT2D eigenvalue weighted by molar-refractivity contribution is 5.95. The lowest BCUT2D eigenvalue weighted by atomic mass is 9.47. The van der Waals surface area contributed by atoms with E-state index in [0.717, 1.165) is 52.9 Å². The number of rotatable bonds is 10. The molecular weight excluding hydrogens is 895 g/mol. The van der Waals surface area contributed by atoms with Crippen molar-refractivity contribution in [1.29, 1.82) is 0 Å². The van der Waals surface area contributed by atoms with Crippen LogP contribution in [0.4, 0.5) is 5.69 Å². The third-order valence-electron chi connectivity index (χ3n) is 16.5. The number of ether oxygens (including phenoxy) is 4. The number of carbonyl (C=O) groups excluding carboxylic acids is 3. The van der Waals surface area contributed by atoms with Gasteiger partial charge < -0.3 is 54.6 Å². The highest BCUT2D eigenvalue weighted by Gasteiger charge is 2.80. The van der Waals surface area contributed by atoms with Gasteiger partial charge in [-0.2, -0.15) is 0 Å². The Labute approximate surface area is 408 Å². The topological polar surface area (TPSA) is 207 Å². The van der Waals surface area contributed by atoms with Crippen molar-refractivity contribution in [2.24, 2.45) is 11.3 Å². The number of H-pyrrole nitrogens is 1. The van der Waals surface area contributed by atoms with Gasteiger partial charge in [-0.3, -0.25) is 19.4 Å². The second-order valence-electron chi connectivity index (χ2n) is 20.0. The molecule has 4 aromatic rings. The summed E-state index contributed by atoms with van der Waals surface area (Å²) in [6.45, 7) is 9.60. The number of fused-ring (bicyclic) bond motifs is 6. The van der Waals surface area contributed by atoms with E-state index in [2.05, 4.69) is 63.5 Å². The number of aromatic amines is 1. The molecule has 0 radical (unpaired) electrons. The molecule has 0 amide bonds. The first-order valence-electron chi connectivity index (χ1n) is 24.3. The van der Waals surface area contributed by atoms with Gasteiger partial charge in [0.2, 0.25) is 5.60 Å². The van der Waals surface area contributed by atoms with Crippen LogP contribution < -0.4 is 15.0 Å². The zero-order chi connectivity index (χ0) is 50.1. The third kappa shape index (κ3) is 7.14. The van der Waals surface area contributed by atoms with Crippen LogP contribution in [-0.2, 0) is 46.0 Å². The van der Waals surface area contributed by atoms with Crippen molar-refractivity contribution in [1.82, 2.24) is 20.1 Å². The van der Waals surface area contributed by atoms with Crippen LogP contribution in [-0.4, -0.2) is 145 Å². The highest BCUT2D eigenvalue weighted by Crippen LogP contribution is 2.68. The molecule has 1 aromatic heterocycles. The molecule has 10 rings (SSSR count). The van der Waals surface area contributed by atoms with Gasteiger partial charge in [0.1, 0.15) is 11.2 Å². The fourth-order valence-corrected chi connectivity index (χ4v) is 13.9. The number of aromatic hydroxyl groups is 2. The molecule has 3 aromatic carbocycles. The quantitative estimate of drug-likeness (QED) is 0.0529. The molecule has 1 spiro atoms. The van der Waals surface area contributed by atoms with E-state index in [1.807, 2.05) is 37.1 Å². The predicted octanol–water partition coefficient (Wildman–Crippen LogP) is 5.10. The van der Waals surface area contributed by atoms with Crippen molar-refractivity contribution in [3.63, 3.8) is 0 Å². The Morgan fingerprint density at radius 1 is 0.957 bits per heavy atom. The van der Waals surface area contributed by atoms with Crippen molar-refractivity contribution < 1.29 is 53.8 Å². The maximum atomic E-state index is 15.2. The summed E-state index contributed by atoms with van der Waals surface area (Å²) in [6, 6.07) is 15.4. The molecule has 5 aliphatic heterocycles. The molecule has 374 valence electrons. The number of carbonyl (C=O) groups is 3. The first kappa shape index (κ1) is 49.1. The number of nitrogens with zero attached hydrogens (tertiary/aromatic N) is 3. The largest absolute Gasteiger partial charge is 0.504 e. The SMILES string of the molecule is CCC1=C[C@@H]2CN(C1)Cc1c([nH]c3ccccc13)[C@@](C(=O)OC)(c1cc3c(cc1OC)N(C)[C@H]1[C@@](O)(C(=O)OC)[C@H](OC(C)=O)[C@]4(CC)C=CCN5CC[C@]31[C@@H]54)C2.CNC[C@H](O)c1ccc(O)c(O)c1. The number of benzene rings is 3. The summed E-state index contributed by atoms with van der Waals surface area (Å²) in [5, 5.41) is 44.8. The maximum Gasteiger partial charge on any atom is 0.344 e. The summed E-state index contributed by atoms with van der Waals surface area (Å²) >= 11 is 0. The van der Waals surface area contributed by atoms with Gasteiger partial charge in [-0.15, -0.1) is 0 Å². The lowest BCUT2D eigenvalue weighted by molar-refractivity contribution is -0.228. The number of hydrogen-bond donors (Lipinski definition) is 6. The summed E-state index contributed by atoms with van der Waals surface area (Å²) in [5.41, 5.74) is 1.62. The molecule has 10 atom stereocenters. The van der Waals surface area contributed by atoms with E-state index in [4.69, 9.17) is 29.2 Å². The highest BCUT2D eigenvalue weighted by atomic mass is 16.6. The van der Waals surface area contributed by atoms with Crippen LogP contribution in [0.3, 0.4) is 0 Å². The molecule has 6 N–H and O–H groups in total. The van der Waals surface area contributed by atoms with Crippen molar-refractivity contribution >= 4 is 34.5 Å². The Balaban J connectivity index is 0.000000408. The lowest BCUT2D eigenvalue weighted by Crippen LogP contribution is -2.81. The summed E-state index contributed by atoms with van der Waals surface area (Å²) in [4.78, 5) is 53.1. The fourth-order valence-electron chi connectivity index (χ4n) is 13.9. The van der Waals surface area contributed by atoms with E-state index in [1.165, 1.54) is 38.8 Å². The molecule has 16 heteroatoms. The third-order valence-corrected chi connectivity index (χ3v) is 16.5. The van der Waals surface area contributed by atoms with Crippen LogP contribution >= 0.6 is 0 Å². The molecule has 1 unspecified atom stereocenters. The lowest BCUT2D eigenvalue weighted by Gasteiger charge is -2.63. The van der Waals surface area contributed by atoms with E-state index >= 15 is 4.79 Å². The number of para-hydroxylation sites is 1. The number of aliphatic hydroxyl groups is 2. The van der Waals surface area contributed by atoms with Crippen molar-refractivity contribution in [2.45, 2.75) is 93.7 Å². The van der Waals surface area contributed by atoms with Crippen molar-refractivity contribution in [2.75, 3.05) is 73.0 Å². The minimum Gasteiger partial charge on any atom is -0.504 e. The van der Waals surface area contributed by atoms with Crippen LogP contribution in [0, 0.1) is 11.3 Å². The average molecular weight is 962 g/mol. The van der Waals surface area contributed by atoms with E-state index in [9.17, 15) is 19.8 Å². The molecule has 70 heavy (non-hydrogen) atoms. The van der Waals surface area contributed by atoms with Gasteiger partial charge in [0.15, 0.2) is 17.6 Å². The molecule has 1 saturated heterocycles. The number of nitrogens with one attached hydrogen (secondary N) is 2. The molecule has 1 saturated carbocycles. The first-order valence-corrected chi connectivity index (χ1v) is 24.3. The number of methoxy groups -OCH3 is 3. The van der Waals surface area contributed by atoms with Gasteiger partial charge in [-0.25, -0.2) is 4.79 Å². The molecular formula is C54H67N5O11. The fraction of sp³-hybridized carbons (Fsp3) is 0.500. The zero-order valence-corrected chi connectivity index (χ0v) is 41.4. The Bertz CT molecular complexity index is 2770. The number of hydrogen-bond acceptors (Lipinski definition) is 15. The van der Waals surface area contributed by atoms with Crippen LogP contribution in [0.2, 0.25) is 0 Å². The Morgan fingerprint density at radius 3 is 2.39 bits per heavy atom. The standard InChI is InChI=1S/C45H54N4O8.C9H13NO3/c1-8-27-19-28-22-44(40(51)55-6,36-30(25-48(23-27)24-28)29-13-10-11-14-33(29)46-36)32-20-31-34(21-35(32)54-5)47(4)38-43(31)16-18-49-17-12-15-42(9-2,37(43)49)39(57-26(3)50)45(38,53)41(52)56-7;1-10-5-9(13)6-2-3-7(11)8(12)4-6/h10-15,19-21,28,37-39,46,53H,8-9,16-18,22-25H2,1-7H3;2-4,9-13H,5H2,1H3/t28-,37-,38+,39+,42+,43+,44-,45-;9-/m00/s1. The molecule has 6 aliphatic rings. The summed E-state index contributed by atoms with van der Waals surface area (Å²) < 4.78 is 23.9.